The molecule has 0 amide bonds. The van der Waals surface area contributed by atoms with E-state index in [0.717, 1.165) is 22.6 Å². The van der Waals surface area contributed by atoms with E-state index in [-0.39, 0.29) is 5.78 Å². The maximum atomic E-state index is 12.7. The normalized spacial score (nSPS) is 14.7. The number of hydrogen-bond acceptors (Lipinski definition) is 4. The van der Waals surface area contributed by atoms with Crippen molar-refractivity contribution >= 4 is 34.9 Å². The fourth-order valence-electron chi connectivity index (χ4n) is 2.44. The first-order chi connectivity index (χ1) is 10.1. The summed E-state index contributed by atoms with van der Waals surface area (Å²) >= 11 is 3.17. The van der Waals surface area contributed by atoms with Gasteiger partial charge in [0.2, 0.25) is 0 Å². The van der Waals surface area contributed by atoms with E-state index in [1.807, 2.05) is 22.9 Å². The Morgan fingerprint density at radius 1 is 1.33 bits per heavy atom. The van der Waals surface area contributed by atoms with Gasteiger partial charge in [-0.3, -0.25) is 9.59 Å². The van der Waals surface area contributed by atoms with E-state index in [0.29, 0.717) is 16.7 Å². The summed E-state index contributed by atoms with van der Waals surface area (Å²) < 4.78 is 0. The maximum absolute atomic E-state index is 12.7. The summed E-state index contributed by atoms with van der Waals surface area (Å²) in [5.41, 5.74) is 3.14. The Bertz CT molecular complexity index is 705. The van der Waals surface area contributed by atoms with Gasteiger partial charge in [0.1, 0.15) is 0 Å². The summed E-state index contributed by atoms with van der Waals surface area (Å²) in [4.78, 5) is 24.9. The number of aliphatic carboxylic acids is 1. The van der Waals surface area contributed by atoms with Crippen LogP contribution in [0.15, 0.2) is 33.9 Å². The van der Waals surface area contributed by atoms with E-state index in [9.17, 15) is 14.7 Å². The van der Waals surface area contributed by atoms with Crippen LogP contribution in [0.5, 0.6) is 0 Å². The number of aryl methyl sites for hydroxylation is 1. The smallest absolute Gasteiger partial charge is 0.310 e. The number of carbonyl (C=O) groups excluding carboxylic acids is 1. The first kappa shape index (κ1) is 14.4. The summed E-state index contributed by atoms with van der Waals surface area (Å²) in [5.74, 6) is -0.532. The molecule has 1 aliphatic heterocycles. The van der Waals surface area contributed by atoms with Crippen LogP contribution in [0.4, 0.5) is 0 Å². The summed E-state index contributed by atoms with van der Waals surface area (Å²) in [5, 5.41) is 12.9. The molecule has 0 saturated heterocycles. The third-order valence-electron chi connectivity index (χ3n) is 3.70. The summed E-state index contributed by atoms with van der Waals surface area (Å²) in [7, 11) is 0. The lowest BCUT2D eigenvalue weighted by Crippen LogP contribution is -2.10. The Balaban J connectivity index is 2.11. The van der Waals surface area contributed by atoms with Gasteiger partial charge in [-0.05, 0) is 42.0 Å². The first-order valence-corrected chi connectivity index (χ1v) is 8.60. The Morgan fingerprint density at radius 2 is 2.14 bits per heavy atom. The number of carboxylic acids is 1. The highest BCUT2D eigenvalue weighted by Crippen LogP contribution is 2.38. The third kappa shape index (κ3) is 2.63. The van der Waals surface area contributed by atoms with Crippen molar-refractivity contribution in [1.29, 1.82) is 0 Å². The molecule has 1 aromatic carbocycles. The molecule has 2 aromatic rings. The average Bonchev–Trinajstić information content (AvgIpc) is 3.15. The monoisotopic (exact) mass is 318 g/mol. The predicted molar refractivity (Wildman–Crippen MR) is 84.7 cm³/mol. The number of hydrogen-bond donors (Lipinski definition) is 1. The Hall–Kier alpha value is -1.59. The number of carboxylic acid groups (broad SMARTS) is 1. The second-order valence-corrected chi connectivity index (χ2v) is 6.94. The number of rotatable bonds is 4. The molecule has 0 spiro atoms. The highest BCUT2D eigenvalue weighted by molar-refractivity contribution is 7.99. The van der Waals surface area contributed by atoms with Crippen molar-refractivity contribution in [2.24, 2.45) is 0 Å². The molecule has 1 aliphatic rings. The molecule has 1 N–H and O–H groups in total. The number of ketones is 1. The van der Waals surface area contributed by atoms with Crippen molar-refractivity contribution in [2.45, 2.75) is 24.2 Å². The van der Waals surface area contributed by atoms with Crippen LogP contribution in [0.25, 0.3) is 0 Å². The summed E-state index contributed by atoms with van der Waals surface area (Å²) in [6.45, 7) is 1.66. The van der Waals surface area contributed by atoms with E-state index in [4.69, 9.17) is 0 Å². The van der Waals surface area contributed by atoms with Crippen LogP contribution in [-0.2, 0) is 11.2 Å². The molecule has 2 heterocycles. The SMILES string of the molecule is CC(C(=O)O)c1cc2c(c(C(=O)c3ccsc3)c1)SCC2. The van der Waals surface area contributed by atoms with Crippen molar-refractivity contribution in [2.75, 3.05) is 5.75 Å². The standard InChI is InChI=1S/C16H14O3S2/c1-9(16(18)19)12-6-10-3-5-21-15(10)13(7-12)14(17)11-2-4-20-8-11/h2,4,6-9H,3,5H2,1H3,(H,18,19). The van der Waals surface area contributed by atoms with Crippen LogP contribution < -0.4 is 0 Å². The Labute approximate surface area is 131 Å². The van der Waals surface area contributed by atoms with Crippen LogP contribution in [0.2, 0.25) is 0 Å². The molecular weight excluding hydrogens is 304 g/mol. The fourth-order valence-corrected chi connectivity index (χ4v) is 4.26. The highest BCUT2D eigenvalue weighted by atomic mass is 32.2. The minimum Gasteiger partial charge on any atom is -0.481 e. The predicted octanol–water partition coefficient (Wildman–Crippen LogP) is 3.82. The molecule has 0 saturated carbocycles. The van der Waals surface area contributed by atoms with Gasteiger partial charge in [-0.15, -0.1) is 11.8 Å². The lowest BCUT2D eigenvalue weighted by Gasteiger charge is -2.13. The van der Waals surface area contributed by atoms with E-state index in [1.165, 1.54) is 11.3 Å². The average molecular weight is 318 g/mol. The molecule has 0 radical (unpaired) electrons. The molecule has 1 unspecified atom stereocenters. The second-order valence-electron chi connectivity index (χ2n) is 5.06. The fraction of sp³-hybridized carbons (Fsp3) is 0.250. The topological polar surface area (TPSA) is 54.4 Å². The zero-order chi connectivity index (χ0) is 15.0. The molecule has 1 aromatic heterocycles. The zero-order valence-electron chi connectivity index (χ0n) is 11.5. The van der Waals surface area contributed by atoms with E-state index in [1.54, 1.807) is 24.8 Å². The molecule has 0 aliphatic carbocycles. The van der Waals surface area contributed by atoms with Crippen LogP contribution in [-0.4, -0.2) is 22.6 Å². The quantitative estimate of drug-likeness (QED) is 0.871. The molecule has 108 valence electrons. The molecule has 3 nitrogen and oxygen atoms in total. The van der Waals surface area contributed by atoms with Gasteiger partial charge >= 0.3 is 5.97 Å². The highest BCUT2D eigenvalue weighted by Gasteiger charge is 2.25. The van der Waals surface area contributed by atoms with Gasteiger partial charge < -0.3 is 5.11 Å². The van der Waals surface area contributed by atoms with E-state index in [2.05, 4.69) is 0 Å². The number of fused-ring (bicyclic) bond motifs is 1. The molecule has 0 bridgehead atoms. The van der Waals surface area contributed by atoms with Crippen LogP contribution in [0.3, 0.4) is 0 Å². The first-order valence-electron chi connectivity index (χ1n) is 6.67. The number of carbonyl (C=O) groups is 2. The van der Waals surface area contributed by atoms with Gasteiger partial charge in [0.25, 0.3) is 0 Å². The lowest BCUT2D eigenvalue weighted by atomic mass is 9.93. The van der Waals surface area contributed by atoms with Crippen molar-refractivity contribution in [1.82, 2.24) is 0 Å². The molecule has 21 heavy (non-hydrogen) atoms. The maximum Gasteiger partial charge on any atom is 0.310 e. The van der Waals surface area contributed by atoms with Gasteiger partial charge in [0.15, 0.2) is 5.78 Å². The minimum atomic E-state index is -0.866. The molecule has 1 atom stereocenters. The van der Waals surface area contributed by atoms with Crippen LogP contribution in [0, 0.1) is 0 Å². The van der Waals surface area contributed by atoms with E-state index < -0.39 is 11.9 Å². The molecular formula is C16H14O3S2. The molecule has 3 rings (SSSR count). The molecule has 5 heteroatoms. The number of thiophene rings is 1. The number of benzene rings is 1. The van der Waals surface area contributed by atoms with Crippen molar-refractivity contribution < 1.29 is 14.7 Å². The van der Waals surface area contributed by atoms with Crippen LogP contribution in [0.1, 0.15) is 39.9 Å². The van der Waals surface area contributed by atoms with Gasteiger partial charge in [-0.25, -0.2) is 0 Å². The van der Waals surface area contributed by atoms with Gasteiger partial charge in [-0.1, -0.05) is 6.07 Å². The van der Waals surface area contributed by atoms with E-state index >= 15 is 0 Å². The van der Waals surface area contributed by atoms with Crippen molar-refractivity contribution in [3.05, 3.63) is 51.2 Å². The minimum absolute atomic E-state index is 0.0126. The second kappa shape index (κ2) is 5.66. The zero-order valence-corrected chi connectivity index (χ0v) is 13.1. The van der Waals surface area contributed by atoms with Crippen LogP contribution >= 0.6 is 23.1 Å². The number of thioether (sulfide) groups is 1. The van der Waals surface area contributed by atoms with Crippen molar-refractivity contribution in [3.8, 4) is 0 Å². The van der Waals surface area contributed by atoms with Gasteiger partial charge in [-0.2, -0.15) is 11.3 Å². The Morgan fingerprint density at radius 3 is 2.81 bits per heavy atom. The summed E-state index contributed by atoms with van der Waals surface area (Å²) in [6.07, 6.45) is 0.893. The Kier molecular flexibility index (Phi) is 3.87. The summed E-state index contributed by atoms with van der Waals surface area (Å²) in [6, 6.07) is 5.51. The molecule has 0 fully saturated rings. The van der Waals surface area contributed by atoms with Gasteiger partial charge in [0.05, 0.1) is 5.92 Å². The van der Waals surface area contributed by atoms with Crippen molar-refractivity contribution in [3.63, 3.8) is 0 Å². The largest absolute Gasteiger partial charge is 0.481 e. The lowest BCUT2D eigenvalue weighted by molar-refractivity contribution is -0.138. The van der Waals surface area contributed by atoms with Gasteiger partial charge in [0, 0.05) is 27.2 Å². The third-order valence-corrected chi connectivity index (χ3v) is 5.57.